The van der Waals surface area contributed by atoms with E-state index in [0.717, 1.165) is 18.7 Å². The van der Waals surface area contributed by atoms with Crippen molar-refractivity contribution in [2.45, 2.75) is 19.4 Å². The average Bonchev–Trinajstić information content (AvgIpc) is 2.38. The lowest BCUT2D eigenvalue weighted by Crippen LogP contribution is -2.55. The third-order valence-corrected chi connectivity index (χ3v) is 3.02. The molecule has 1 saturated heterocycles. The third-order valence-electron chi connectivity index (χ3n) is 3.02. The van der Waals surface area contributed by atoms with Crippen LogP contribution in [0.2, 0.25) is 0 Å². The van der Waals surface area contributed by atoms with Crippen LogP contribution in [0.4, 0.5) is 5.69 Å². The van der Waals surface area contributed by atoms with E-state index >= 15 is 0 Å². The van der Waals surface area contributed by atoms with Crippen LogP contribution in [0, 0.1) is 11.3 Å². The summed E-state index contributed by atoms with van der Waals surface area (Å²) in [4.78, 5) is 13.8. The summed E-state index contributed by atoms with van der Waals surface area (Å²) in [7, 11) is 0. The second-order valence-electron chi connectivity index (χ2n) is 4.07. The molecule has 1 aliphatic rings. The van der Waals surface area contributed by atoms with Gasteiger partial charge >= 0.3 is 0 Å². The Morgan fingerprint density at radius 1 is 1.59 bits per heavy atom. The average molecular weight is 229 g/mol. The predicted molar refractivity (Wildman–Crippen MR) is 65.6 cm³/mol. The molecule has 1 aliphatic heterocycles. The van der Waals surface area contributed by atoms with Crippen LogP contribution in [0.1, 0.15) is 18.9 Å². The van der Waals surface area contributed by atoms with E-state index in [4.69, 9.17) is 5.26 Å². The molecule has 0 saturated carbocycles. The van der Waals surface area contributed by atoms with Crippen molar-refractivity contribution in [3.63, 3.8) is 0 Å². The highest BCUT2D eigenvalue weighted by molar-refractivity contribution is 5.86. The van der Waals surface area contributed by atoms with Crippen LogP contribution in [0.15, 0.2) is 24.3 Å². The summed E-state index contributed by atoms with van der Waals surface area (Å²) in [5.74, 6) is 0.0705. The van der Waals surface area contributed by atoms with Gasteiger partial charge in [-0.1, -0.05) is 13.0 Å². The lowest BCUT2D eigenvalue weighted by Gasteiger charge is -2.36. The van der Waals surface area contributed by atoms with Crippen LogP contribution < -0.4 is 10.2 Å². The molecule has 4 nitrogen and oxygen atoms in total. The fourth-order valence-corrected chi connectivity index (χ4v) is 2.18. The van der Waals surface area contributed by atoms with E-state index in [2.05, 4.69) is 16.3 Å². The molecular weight excluding hydrogens is 214 g/mol. The van der Waals surface area contributed by atoms with Crippen molar-refractivity contribution in [1.82, 2.24) is 5.32 Å². The SMILES string of the molecule is CCC1C(=O)NCCN1c1cccc(C#N)c1. The van der Waals surface area contributed by atoms with Crippen LogP contribution in [0.5, 0.6) is 0 Å². The Hall–Kier alpha value is -2.02. The fourth-order valence-electron chi connectivity index (χ4n) is 2.18. The summed E-state index contributed by atoms with van der Waals surface area (Å²) in [5.41, 5.74) is 1.58. The highest BCUT2D eigenvalue weighted by Crippen LogP contribution is 2.21. The normalized spacial score (nSPS) is 19.6. The number of rotatable bonds is 2. The first kappa shape index (κ1) is 11.5. The molecule has 1 unspecified atom stereocenters. The number of carbonyl (C=O) groups excluding carboxylic acids is 1. The number of anilines is 1. The van der Waals surface area contributed by atoms with Crippen molar-refractivity contribution in [3.05, 3.63) is 29.8 Å². The molecule has 88 valence electrons. The summed E-state index contributed by atoms with van der Waals surface area (Å²) in [6.45, 7) is 3.45. The van der Waals surface area contributed by atoms with E-state index in [1.807, 2.05) is 25.1 Å². The number of nitriles is 1. The number of nitrogens with zero attached hydrogens (tertiary/aromatic N) is 2. The molecular formula is C13H15N3O. The van der Waals surface area contributed by atoms with Crippen LogP contribution in [0.25, 0.3) is 0 Å². The van der Waals surface area contributed by atoms with Gasteiger partial charge in [-0.3, -0.25) is 4.79 Å². The maximum Gasteiger partial charge on any atom is 0.242 e. The molecule has 2 rings (SSSR count). The van der Waals surface area contributed by atoms with E-state index in [0.29, 0.717) is 12.1 Å². The molecule has 17 heavy (non-hydrogen) atoms. The van der Waals surface area contributed by atoms with Crippen molar-refractivity contribution in [1.29, 1.82) is 5.26 Å². The zero-order valence-electron chi connectivity index (χ0n) is 9.81. The van der Waals surface area contributed by atoms with Crippen molar-refractivity contribution >= 4 is 11.6 Å². The van der Waals surface area contributed by atoms with E-state index < -0.39 is 0 Å². The maximum absolute atomic E-state index is 11.7. The molecule has 4 heteroatoms. The summed E-state index contributed by atoms with van der Waals surface area (Å²) < 4.78 is 0. The molecule has 1 amide bonds. The molecule has 1 heterocycles. The second kappa shape index (κ2) is 4.88. The second-order valence-corrected chi connectivity index (χ2v) is 4.07. The van der Waals surface area contributed by atoms with Gasteiger partial charge in [0.2, 0.25) is 5.91 Å². The Labute approximate surface area is 101 Å². The molecule has 1 N–H and O–H groups in total. The van der Waals surface area contributed by atoms with Gasteiger partial charge in [0.25, 0.3) is 0 Å². The van der Waals surface area contributed by atoms with Crippen molar-refractivity contribution in [2.24, 2.45) is 0 Å². The highest BCUT2D eigenvalue weighted by atomic mass is 16.2. The number of piperazine rings is 1. The monoisotopic (exact) mass is 229 g/mol. The number of nitrogens with one attached hydrogen (secondary N) is 1. The first-order valence-corrected chi connectivity index (χ1v) is 5.80. The molecule has 1 aromatic rings. The molecule has 0 aromatic heterocycles. The Balaban J connectivity index is 2.31. The summed E-state index contributed by atoms with van der Waals surface area (Å²) in [6, 6.07) is 9.40. The third kappa shape index (κ3) is 2.23. The largest absolute Gasteiger partial charge is 0.358 e. The van der Waals surface area contributed by atoms with Crippen molar-refractivity contribution < 1.29 is 4.79 Å². The van der Waals surface area contributed by atoms with Gasteiger partial charge in [-0.25, -0.2) is 0 Å². The summed E-state index contributed by atoms with van der Waals surface area (Å²) in [5, 5.41) is 11.8. The van der Waals surface area contributed by atoms with Crippen LogP contribution in [-0.4, -0.2) is 25.0 Å². The Bertz CT molecular complexity index is 464. The van der Waals surface area contributed by atoms with E-state index in [-0.39, 0.29) is 11.9 Å². The lowest BCUT2D eigenvalue weighted by atomic mass is 10.1. The van der Waals surface area contributed by atoms with Crippen LogP contribution in [-0.2, 0) is 4.79 Å². The first-order chi connectivity index (χ1) is 8.26. The number of benzene rings is 1. The van der Waals surface area contributed by atoms with Gasteiger partial charge in [0, 0.05) is 18.8 Å². The van der Waals surface area contributed by atoms with Crippen LogP contribution in [0.3, 0.4) is 0 Å². The van der Waals surface area contributed by atoms with Gasteiger partial charge in [0.05, 0.1) is 11.6 Å². The molecule has 0 bridgehead atoms. The van der Waals surface area contributed by atoms with Gasteiger partial charge < -0.3 is 10.2 Å². The molecule has 0 radical (unpaired) electrons. The topological polar surface area (TPSA) is 56.1 Å². The van der Waals surface area contributed by atoms with Crippen molar-refractivity contribution in [2.75, 3.05) is 18.0 Å². The van der Waals surface area contributed by atoms with E-state index in [1.54, 1.807) is 6.07 Å². The Morgan fingerprint density at radius 3 is 3.12 bits per heavy atom. The molecule has 0 aliphatic carbocycles. The molecule has 1 atom stereocenters. The smallest absolute Gasteiger partial charge is 0.242 e. The number of hydrogen-bond donors (Lipinski definition) is 1. The molecule has 1 aromatic carbocycles. The van der Waals surface area contributed by atoms with Gasteiger partial charge in [-0.2, -0.15) is 5.26 Å². The van der Waals surface area contributed by atoms with Gasteiger partial charge in [-0.15, -0.1) is 0 Å². The summed E-state index contributed by atoms with van der Waals surface area (Å²) in [6.07, 6.45) is 0.766. The lowest BCUT2D eigenvalue weighted by molar-refractivity contribution is -0.123. The number of hydrogen-bond acceptors (Lipinski definition) is 3. The Morgan fingerprint density at radius 2 is 2.41 bits per heavy atom. The molecule has 0 spiro atoms. The fraction of sp³-hybridized carbons (Fsp3) is 0.385. The quantitative estimate of drug-likeness (QED) is 0.831. The zero-order chi connectivity index (χ0) is 12.3. The van der Waals surface area contributed by atoms with Crippen molar-refractivity contribution in [3.8, 4) is 6.07 Å². The van der Waals surface area contributed by atoms with E-state index in [1.165, 1.54) is 0 Å². The minimum atomic E-state index is -0.127. The summed E-state index contributed by atoms with van der Waals surface area (Å²) >= 11 is 0. The van der Waals surface area contributed by atoms with Crippen LogP contribution >= 0.6 is 0 Å². The number of amides is 1. The minimum Gasteiger partial charge on any atom is -0.358 e. The standard InChI is InChI=1S/C13H15N3O/c1-2-12-13(17)15-6-7-16(12)11-5-3-4-10(8-11)9-14/h3-5,8,12H,2,6-7H2,1H3,(H,15,17). The first-order valence-electron chi connectivity index (χ1n) is 5.80. The predicted octanol–water partition coefficient (Wildman–Crippen LogP) is 1.27. The Kier molecular flexibility index (Phi) is 3.29. The zero-order valence-corrected chi connectivity index (χ0v) is 9.81. The van der Waals surface area contributed by atoms with Gasteiger partial charge in [-0.05, 0) is 24.6 Å². The number of carbonyl (C=O) groups is 1. The maximum atomic E-state index is 11.7. The van der Waals surface area contributed by atoms with Gasteiger partial charge in [0.15, 0.2) is 0 Å². The molecule has 1 fully saturated rings. The van der Waals surface area contributed by atoms with E-state index in [9.17, 15) is 4.79 Å². The van der Waals surface area contributed by atoms with Gasteiger partial charge in [0.1, 0.15) is 6.04 Å². The highest BCUT2D eigenvalue weighted by Gasteiger charge is 2.28. The minimum absolute atomic E-state index is 0.0705.